The summed E-state index contributed by atoms with van der Waals surface area (Å²) in [6.45, 7) is 3.31. The molecule has 1 aliphatic rings. The van der Waals surface area contributed by atoms with Crippen LogP contribution >= 0.6 is 11.6 Å². The molecule has 19 heavy (non-hydrogen) atoms. The molecule has 0 aliphatic carbocycles. The van der Waals surface area contributed by atoms with Gasteiger partial charge in [-0.05, 0) is 44.0 Å². The van der Waals surface area contributed by atoms with Crippen LogP contribution in [0.3, 0.4) is 0 Å². The van der Waals surface area contributed by atoms with Gasteiger partial charge in [-0.1, -0.05) is 23.7 Å². The number of hydrogen-bond acceptors (Lipinski definition) is 2. The summed E-state index contributed by atoms with van der Waals surface area (Å²) in [5.41, 5.74) is 2.35. The molecule has 100 valence electrons. The third kappa shape index (κ3) is 2.67. The fourth-order valence-corrected chi connectivity index (χ4v) is 2.92. The van der Waals surface area contributed by atoms with E-state index in [1.54, 1.807) is 0 Å². The highest BCUT2D eigenvalue weighted by molar-refractivity contribution is 6.30. The van der Waals surface area contributed by atoms with E-state index in [9.17, 15) is 0 Å². The standard InChI is InChI=1S/C15H18ClN3/c1-11-8-14(6-7-18-11)19-10-17-9-15(19)12-2-4-13(16)5-3-12/h2-5,9-11,14,18H,6-8H2,1H3. The summed E-state index contributed by atoms with van der Waals surface area (Å²) in [7, 11) is 0. The minimum absolute atomic E-state index is 0.532. The Balaban J connectivity index is 1.91. The second kappa shape index (κ2) is 5.35. The van der Waals surface area contributed by atoms with E-state index in [0.717, 1.165) is 24.4 Å². The first-order chi connectivity index (χ1) is 9.24. The molecular weight excluding hydrogens is 258 g/mol. The van der Waals surface area contributed by atoms with E-state index in [2.05, 4.69) is 33.9 Å². The summed E-state index contributed by atoms with van der Waals surface area (Å²) in [4.78, 5) is 4.33. The lowest BCUT2D eigenvalue weighted by Gasteiger charge is -2.30. The van der Waals surface area contributed by atoms with Gasteiger partial charge in [-0.25, -0.2) is 4.98 Å². The topological polar surface area (TPSA) is 29.9 Å². The number of halogens is 1. The first-order valence-corrected chi connectivity index (χ1v) is 7.13. The summed E-state index contributed by atoms with van der Waals surface area (Å²) in [6, 6.07) is 9.07. The molecule has 0 amide bonds. The predicted octanol–water partition coefficient (Wildman–Crippen LogP) is 3.52. The molecule has 0 spiro atoms. The molecule has 3 nitrogen and oxygen atoms in total. The van der Waals surface area contributed by atoms with Gasteiger partial charge < -0.3 is 9.88 Å². The molecular formula is C15H18ClN3. The summed E-state index contributed by atoms with van der Waals surface area (Å²) in [5, 5.41) is 4.26. The second-order valence-electron chi connectivity index (χ2n) is 5.23. The Morgan fingerprint density at radius 3 is 2.84 bits per heavy atom. The zero-order chi connectivity index (χ0) is 13.2. The highest BCUT2D eigenvalue weighted by atomic mass is 35.5. The van der Waals surface area contributed by atoms with E-state index < -0.39 is 0 Å². The molecule has 2 atom stereocenters. The van der Waals surface area contributed by atoms with Gasteiger partial charge >= 0.3 is 0 Å². The average Bonchev–Trinajstić information content (AvgIpc) is 2.89. The molecule has 0 saturated carbocycles. The van der Waals surface area contributed by atoms with Crippen LogP contribution in [0.1, 0.15) is 25.8 Å². The number of piperidine rings is 1. The third-order valence-corrected chi connectivity index (χ3v) is 4.05. The molecule has 0 radical (unpaired) electrons. The molecule has 1 aromatic heterocycles. The van der Waals surface area contributed by atoms with Gasteiger partial charge in [0.25, 0.3) is 0 Å². The highest BCUT2D eigenvalue weighted by Gasteiger charge is 2.21. The van der Waals surface area contributed by atoms with E-state index >= 15 is 0 Å². The van der Waals surface area contributed by atoms with Crippen LogP contribution in [0.2, 0.25) is 5.02 Å². The fraction of sp³-hybridized carbons (Fsp3) is 0.400. The molecule has 0 bridgehead atoms. The van der Waals surface area contributed by atoms with Crippen molar-refractivity contribution in [2.45, 2.75) is 31.8 Å². The van der Waals surface area contributed by atoms with Crippen molar-refractivity contribution < 1.29 is 0 Å². The number of nitrogens with one attached hydrogen (secondary N) is 1. The van der Waals surface area contributed by atoms with Gasteiger partial charge in [-0.2, -0.15) is 0 Å². The lowest BCUT2D eigenvalue weighted by molar-refractivity contribution is 0.315. The maximum atomic E-state index is 5.95. The first-order valence-electron chi connectivity index (χ1n) is 6.75. The molecule has 1 fully saturated rings. The maximum Gasteiger partial charge on any atom is 0.0953 e. The molecule has 3 rings (SSSR count). The Labute approximate surface area is 118 Å². The van der Waals surface area contributed by atoms with Crippen LogP contribution in [0.4, 0.5) is 0 Å². The lowest BCUT2D eigenvalue weighted by atomic mass is 9.99. The SMILES string of the molecule is CC1CC(n2cncc2-c2ccc(Cl)cc2)CCN1. The van der Waals surface area contributed by atoms with Gasteiger partial charge in [-0.3, -0.25) is 0 Å². The minimum Gasteiger partial charge on any atom is -0.327 e. The van der Waals surface area contributed by atoms with Crippen LogP contribution in [0.5, 0.6) is 0 Å². The number of nitrogens with zero attached hydrogens (tertiary/aromatic N) is 2. The van der Waals surface area contributed by atoms with Crippen molar-refractivity contribution in [1.82, 2.24) is 14.9 Å². The largest absolute Gasteiger partial charge is 0.327 e. The van der Waals surface area contributed by atoms with Crippen LogP contribution in [0.15, 0.2) is 36.8 Å². The lowest BCUT2D eigenvalue weighted by Crippen LogP contribution is -2.36. The van der Waals surface area contributed by atoms with Crippen molar-refractivity contribution in [3.63, 3.8) is 0 Å². The smallest absolute Gasteiger partial charge is 0.0953 e. The van der Waals surface area contributed by atoms with Crippen LogP contribution in [0, 0.1) is 0 Å². The quantitative estimate of drug-likeness (QED) is 0.909. The number of hydrogen-bond donors (Lipinski definition) is 1. The van der Waals surface area contributed by atoms with Crippen LogP contribution in [0.25, 0.3) is 11.3 Å². The zero-order valence-corrected chi connectivity index (χ0v) is 11.8. The van der Waals surface area contributed by atoms with Crippen LogP contribution in [-0.4, -0.2) is 22.1 Å². The summed E-state index contributed by atoms with van der Waals surface area (Å²) in [6.07, 6.45) is 6.20. The molecule has 1 aliphatic heterocycles. The Morgan fingerprint density at radius 1 is 1.32 bits per heavy atom. The predicted molar refractivity (Wildman–Crippen MR) is 78.4 cm³/mol. The van der Waals surface area contributed by atoms with Gasteiger partial charge in [0.1, 0.15) is 0 Å². The Kier molecular flexibility index (Phi) is 3.58. The van der Waals surface area contributed by atoms with Crippen molar-refractivity contribution in [2.75, 3.05) is 6.54 Å². The van der Waals surface area contributed by atoms with Gasteiger partial charge in [0.2, 0.25) is 0 Å². The highest BCUT2D eigenvalue weighted by Crippen LogP contribution is 2.29. The number of aromatic nitrogens is 2. The third-order valence-electron chi connectivity index (χ3n) is 3.80. The molecule has 1 aromatic carbocycles. The molecule has 1 saturated heterocycles. The second-order valence-corrected chi connectivity index (χ2v) is 5.66. The summed E-state index contributed by atoms with van der Waals surface area (Å²) >= 11 is 5.95. The van der Waals surface area contributed by atoms with Crippen LogP contribution < -0.4 is 5.32 Å². The average molecular weight is 276 g/mol. The summed E-state index contributed by atoms with van der Waals surface area (Å²) < 4.78 is 2.31. The Hall–Kier alpha value is -1.32. The Morgan fingerprint density at radius 2 is 2.11 bits per heavy atom. The minimum atomic E-state index is 0.532. The number of rotatable bonds is 2. The number of imidazole rings is 1. The van der Waals surface area contributed by atoms with E-state index in [0.29, 0.717) is 12.1 Å². The monoisotopic (exact) mass is 275 g/mol. The van der Waals surface area contributed by atoms with E-state index in [1.807, 2.05) is 24.7 Å². The molecule has 2 aromatic rings. The van der Waals surface area contributed by atoms with Gasteiger partial charge in [0.05, 0.1) is 18.2 Å². The normalized spacial score (nSPS) is 23.5. The van der Waals surface area contributed by atoms with Crippen LogP contribution in [-0.2, 0) is 0 Å². The van der Waals surface area contributed by atoms with E-state index in [-0.39, 0.29) is 0 Å². The number of benzene rings is 1. The Bertz CT molecular complexity index is 547. The summed E-state index contributed by atoms with van der Waals surface area (Å²) in [5.74, 6) is 0. The molecule has 1 N–H and O–H groups in total. The van der Waals surface area contributed by atoms with Crippen molar-refractivity contribution in [2.24, 2.45) is 0 Å². The van der Waals surface area contributed by atoms with Crippen molar-refractivity contribution in [3.8, 4) is 11.3 Å². The van der Waals surface area contributed by atoms with Crippen molar-refractivity contribution in [3.05, 3.63) is 41.8 Å². The van der Waals surface area contributed by atoms with E-state index in [4.69, 9.17) is 11.6 Å². The fourth-order valence-electron chi connectivity index (χ4n) is 2.80. The van der Waals surface area contributed by atoms with Gasteiger partial charge in [-0.15, -0.1) is 0 Å². The van der Waals surface area contributed by atoms with Gasteiger partial charge in [0.15, 0.2) is 0 Å². The molecule has 2 heterocycles. The van der Waals surface area contributed by atoms with Gasteiger partial charge in [0, 0.05) is 17.1 Å². The van der Waals surface area contributed by atoms with E-state index in [1.165, 1.54) is 11.3 Å². The van der Waals surface area contributed by atoms with Crippen molar-refractivity contribution >= 4 is 11.6 Å². The first kappa shape index (κ1) is 12.7. The molecule has 4 heteroatoms. The zero-order valence-electron chi connectivity index (χ0n) is 11.0. The maximum absolute atomic E-state index is 5.95. The molecule has 2 unspecified atom stereocenters. The van der Waals surface area contributed by atoms with Crippen molar-refractivity contribution in [1.29, 1.82) is 0 Å².